The quantitative estimate of drug-likeness (QED) is 0.317. The molecule has 0 aromatic heterocycles. The fourth-order valence-corrected chi connectivity index (χ4v) is 0.410. The zero-order valence-electron chi connectivity index (χ0n) is 5.41. The Labute approximate surface area is 58.5 Å². The number of hydrogen-bond acceptors (Lipinski definition) is 2. The molecule has 0 heterocycles. The van der Waals surface area contributed by atoms with Gasteiger partial charge in [-0.3, -0.25) is 4.79 Å². The molecule has 0 rings (SSSR count). The Kier molecular flexibility index (Phi) is 5.04. The molecule has 0 saturated carbocycles. The van der Waals surface area contributed by atoms with E-state index >= 15 is 0 Å². The van der Waals surface area contributed by atoms with E-state index in [9.17, 15) is 9.59 Å². The Morgan fingerprint density at radius 2 is 2.30 bits per heavy atom. The lowest BCUT2D eigenvalue weighted by atomic mass is 10.4. The largest absolute Gasteiger partial charge is 0.478 e. The van der Waals surface area contributed by atoms with Crippen molar-refractivity contribution in [2.75, 3.05) is 6.54 Å². The Morgan fingerprint density at radius 3 is 2.80 bits per heavy atom. The van der Waals surface area contributed by atoms with Gasteiger partial charge in [-0.1, -0.05) is 6.08 Å². The van der Waals surface area contributed by atoms with Crippen LogP contribution in [-0.4, -0.2) is 24.0 Å². The van der Waals surface area contributed by atoms with Crippen LogP contribution in [0.4, 0.5) is 0 Å². The van der Waals surface area contributed by atoms with Gasteiger partial charge in [0, 0.05) is 12.6 Å². The van der Waals surface area contributed by atoms with Crippen LogP contribution in [0.3, 0.4) is 0 Å². The van der Waals surface area contributed by atoms with E-state index in [0.717, 1.165) is 6.08 Å². The predicted octanol–water partition coefficient (Wildman–Crippen LogP) is -0.237. The van der Waals surface area contributed by atoms with Gasteiger partial charge in [0.2, 0.25) is 6.41 Å². The van der Waals surface area contributed by atoms with Crippen molar-refractivity contribution >= 4 is 12.4 Å². The third-order valence-electron chi connectivity index (χ3n) is 0.799. The molecule has 10 heavy (non-hydrogen) atoms. The number of carbonyl (C=O) groups is 2. The minimum absolute atomic E-state index is 0.479. The maximum absolute atomic E-state index is 9.86. The molecule has 0 atom stereocenters. The summed E-state index contributed by atoms with van der Waals surface area (Å²) in [5, 5.41) is 10.5. The molecule has 0 aliphatic heterocycles. The number of nitrogens with one attached hydrogen (secondary N) is 1. The van der Waals surface area contributed by atoms with E-state index in [4.69, 9.17) is 5.11 Å². The second kappa shape index (κ2) is 5.81. The smallest absolute Gasteiger partial charge is 0.327 e. The maximum atomic E-state index is 9.86. The van der Waals surface area contributed by atoms with E-state index in [1.54, 1.807) is 0 Å². The molecular formula is C6H9NO3. The second-order valence-corrected chi connectivity index (χ2v) is 1.60. The molecule has 0 bridgehead atoms. The molecule has 0 aliphatic carbocycles. The van der Waals surface area contributed by atoms with Crippen LogP contribution in [0.15, 0.2) is 12.2 Å². The van der Waals surface area contributed by atoms with Crippen molar-refractivity contribution in [2.45, 2.75) is 6.42 Å². The third kappa shape index (κ3) is 6.68. The van der Waals surface area contributed by atoms with E-state index in [0.29, 0.717) is 19.4 Å². The van der Waals surface area contributed by atoms with Crippen LogP contribution in [0.5, 0.6) is 0 Å². The highest BCUT2D eigenvalue weighted by molar-refractivity contribution is 5.79. The molecule has 0 aromatic carbocycles. The van der Waals surface area contributed by atoms with Gasteiger partial charge in [-0.2, -0.15) is 0 Å². The van der Waals surface area contributed by atoms with Gasteiger partial charge in [-0.25, -0.2) is 4.79 Å². The molecule has 0 aromatic rings. The average molecular weight is 143 g/mol. The maximum Gasteiger partial charge on any atom is 0.327 e. The van der Waals surface area contributed by atoms with E-state index < -0.39 is 5.97 Å². The van der Waals surface area contributed by atoms with Crippen molar-refractivity contribution in [3.63, 3.8) is 0 Å². The summed E-state index contributed by atoms with van der Waals surface area (Å²) < 4.78 is 0. The van der Waals surface area contributed by atoms with Gasteiger partial charge in [0.15, 0.2) is 0 Å². The molecule has 1 amide bonds. The number of carboxylic acids is 1. The van der Waals surface area contributed by atoms with Gasteiger partial charge in [0.1, 0.15) is 0 Å². The Hall–Kier alpha value is -1.32. The molecule has 0 fully saturated rings. The number of hydrogen-bond donors (Lipinski definition) is 2. The van der Waals surface area contributed by atoms with Crippen LogP contribution in [-0.2, 0) is 9.59 Å². The highest BCUT2D eigenvalue weighted by atomic mass is 16.4. The molecule has 4 heteroatoms. The molecule has 2 N–H and O–H groups in total. The minimum Gasteiger partial charge on any atom is -0.478 e. The van der Waals surface area contributed by atoms with Gasteiger partial charge in [-0.05, 0) is 6.42 Å². The summed E-state index contributed by atoms with van der Waals surface area (Å²) in [7, 11) is 0. The summed E-state index contributed by atoms with van der Waals surface area (Å²) in [6.07, 6.45) is 3.66. The standard InChI is InChI=1S/C6H9NO3/c8-5-7-4-2-1-3-6(9)10/h1,3,5H,2,4H2,(H,7,8)(H,9,10). The zero-order valence-corrected chi connectivity index (χ0v) is 5.41. The summed E-state index contributed by atoms with van der Waals surface area (Å²) >= 11 is 0. The van der Waals surface area contributed by atoms with E-state index in [2.05, 4.69) is 5.32 Å². The van der Waals surface area contributed by atoms with Gasteiger partial charge in [0.25, 0.3) is 0 Å². The molecule has 0 saturated heterocycles. The van der Waals surface area contributed by atoms with Gasteiger partial charge in [0.05, 0.1) is 0 Å². The van der Waals surface area contributed by atoms with Crippen molar-refractivity contribution < 1.29 is 14.7 Å². The topological polar surface area (TPSA) is 66.4 Å². The number of amides is 1. The van der Waals surface area contributed by atoms with Crippen molar-refractivity contribution in [3.8, 4) is 0 Å². The molecule has 0 radical (unpaired) electrons. The summed E-state index contributed by atoms with van der Waals surface area (Å²) in [6, 6.07) is 0. The van der Waals surface area contributed by atoms with Crippen molar-refractivity contribution in [1.29, 1.82) is 0 Å². The number of aliphatic carboxylic acids is 1. The molecule has 56 valence electrons. The highest BCUT2D eigenvalue weighted by Gasteiger charge is 1.83. The zero-order chi connectivity index (χ0) is 7.82. The summed E-state index contributed by atoms with van der Waals surface area (Å²) in [6.45, 7) is 0.479. The van der Waals surface area contributed by atoms with Gasteiger partial charge < -0.3 is 10.4 Å². The predicted molar refractivity (Wildman–Crippen MR) is 35.5 cm³/mol. The number of carbonyl (C=O) groups excluding carboxylic acids is 1. The molecule has 4 nitrogen and oxygen atoms in total. The first-order valence-corrected chi connectivity index (χ1v) is 2.84. The molecule has 0 unspecified atom stereocenters. The lowest BCUT2D eigenvalue weighted by molar-refractivity contribution is -0.131. The molecule has 0 spiro atoms. The first kappa shape index (κ1) is 8.68. The normalized spacial score (nSPS) is 9.60. The summed E-state index contributed by atoms with van der Waals surface area (Å²) in [5.74, 6) is -0.967. The minimum atomic E-state index is -0.967. The monoisotopic (exact) mass is 143 g/mol. The van der Waals surface area contributed by atoms with Gasteiger partial charge in [-0.15, -0.1) is 0 Å². The molecular weight excluding hydrogens is 134 g/mol. The van der Waals surface area contributed by atoms with Crippen molar-refractivity contribution in [1.82, 2.24) is 5.32 Å². The van der Waals surface area contributed by atoms with Crippen LogP contribution in [0.1, 0.15) is 6.42 Å². The van der Waals surface area contributed by atoms with Gasteiger partial charge >= 0.3 is 5.97 Å². The Morgan fingerprint density at radius 1 is 1.60 bits per heavy atom. The van der Waals surface area contributed by atoms with E-state index in [1.165, 1.54) is 6.08 Å². The average Bonchev–Trinajstić information content (AvgIpc) is 1.87. The summed E-state index contributed by atoms with van der Waals surface area (Å²) in [4.78, 5) is 19.5. The second-order valence-electron chi connectivity index (χ2n) is 1.60. The fraction of sp³-hybridized carbons (Fsp3) is 0.333. The fourth-order valence-electron chi connectivity index (χ4n) is 0.410. The van der Waals surface area contributed by atoms with Crippen LogP contribution in [0.25, 0.3) is 0 Å². The first-order valence-electron chi connectivity index (χ1n) is 2.84. The Bertz CT molecular complexity index is 142. The van der Waals surface area contributed by atoms with Crippen LogP contribution in [0, 0.1) is 0 Å². The number of rotatable bonds is 5. The van der Waals surface area contributed by atoms with Crippen molar-refractivity contribution in [3.05, 3.63) is 12.2 Å². The van der Waals surface area contributed by atoms with Crippen molar-refractivity contribution in [2.24, 2.45) is 0 Å². The Balaban J connectivity index is 3.18. The van der Waals surface area contributed by atoms with E-state index in [-0.39, 0.29) is 0 Å². The lowest BCUT2D eigenvalue weighted by Crippen LogP contribution is -2.10. The van der Waals surface area contributed by atoms with E-state index in [1.807, 2.05) is 0 Å². The van der Waals surface area contributed by atoms with Crippen LogP contribution in [0.2, 0.25) is 0 Å². The van der Waals surface area contributed by atoms with Crippen LogP contribution >= 0.6 is 0 Å². The highest BCUT2D eigenvalue weighted by Crippen LogP contribution is 1.78. The lowest BCUT2D eigenvalue weighted by Gasteiger charge is -1.89. The summed E-state index contributed by atoms with van der Waals surface area (Å²) in [5.41, 5.74) is 0. The first-order chi connectivity index (χ1) is 4.77. The van der Waals surface area contributed by atoms with Crippen LogP contribution < -0.4 is 5.32 Å². The third-order valence-corrected chi connectivity index (χ3v) is 0.799. The number of carboxylic acid groups (broad SMARTS) is 1. The molecule has 0 aliphatic rings. The SMILES string of the molecule is O=CNCCC=CC(=O)O.